The van der Waals surface area contributed by atoms with E-state index in [2.05, 4.69) is 34.0 Å². The van der Waals surface area contributed by atoms with Gasteiger partial charge in [0.15, 0.2) is 15.6 Å². The van der Waals surface area contributed by atoms with Crippen LogP contribution < -0.4 is 5.73 Å². The number of hydrogen-bond acceptors (Lipinski definition) is 19. The van der Waals surface area contributed by atoms with E-state index in [0.29, 0.717) is 12.0 Å². The molecule has 0 unspecified atom stereocenters. The lowest BCUT2D eigenvalue weighted by atomic mass is 10.1. The molecule has 0 heterocycles. The maximum atomic E-state index is 12.4. The molecule has 0 spiro atoms. The third-order valence-electron chi connectivity index (χ3n) is 6.12. The first-order chi connectivity index (χ1) is 22.9. The molecule has 4 rings (SSSR count). The van der Waals surface area contributed by atoms with E-state index in [0.717, 1.165) is 42.5 Å². The molecule has 0 saturated carbocycles. The van der Waals surface area contributed by atoms with E-state index in [1.807, 2.05) is 0 Å². The van der Waals surface area contributed by atoms with Crippen LogP contribution in [0.4, 0.5) is 34.1 Å². The van der Waals surface area contributed by atoms with Crippen molar-refractivity contribution in [2.45, 2.75) is 14.7 Å². The number of nitro groups is 1. The van der Waals surface area contributed by atoms with E-state index < -0.39 is 64.0 Å². The van der Waals surface area contributed by atoms with Crippen LogP contribution in [-0.2, 0) is 43.9 Å². The van der Waals surface area contributed by atoms with Gasteiger partial charge >= 0.3 is 10.4 Å². The molecule has 0 fully saturated rings. The zero-order valence-electron chi connectivity index (χ0n) is 23.9. The molecule has 0 atom stereocenters. The standard InChI is InChI=1S/C24H20N6O15S4/c25-21-20-13(11-18(46-45-44-34)22(21)28-26-14-1-5-16(6-2-14)30(32)33)12-19(48(37,38)39)23(24(20)31)29-27-15-3-7-17(8-4-15)47(35,36)10-9-43-49(40,41)42/h1-8,11-12,31,34H,9-10,25H2,(H,37,38,39)(H,40,41,42). The average Bonchev–Trinajstić information content (AvgIpc) is 3.01. The molecule has 0 saturated heterocycles. The summed E-state index contributed by atoms with van der Waals surface area (Å²) in [6, 6.07) is 11.3. The number of fused-ring (bicyclic) bond motifs is 1. The number of rotatable bonds is 14. The van der Waals surface area contributed by atoms with E-state index in [-0.39, 0.29) is 49.0 Å². The Labute approximate surface area is 279 Å². The van der Waals surface area contributed by atoms with E-state index in [1.54, 1.807) is 0 Å². The molecule has 0 aliphatic carbocycles. The van der Waals surface area contributed by atoms with E-state index in [9.17, 15) is 45.0 Å². The number of sulfone groups is 1. The van der Waals surface area contributed by atoms with Gasteiger partial charge in [-0.15, -0.1) is 14.6 Å². The van der Waals surface area contributed by atoms with Crippen molar-refractivity contribution in [1.29, 1.82) is 0 Å². The van der Waals surface area contributed by atoms with Crippen LogP contribution in [0.5, 0.6) is 5.75 Å². The number of benzene rings is 4. The van der Waals surface area contributed by atoms with Crippen molar-refractivity contribution >= 4 is 87.3 Å². The molecule has 49 heavy (non-hydrogen) atoms. The number of nitrogen functional groups attached to an aromatic ring is 1. The van der Waals surface area contributed by atoms with Crippen LogP contribution in [0.3, 0.4) is 0 Å². The quantitative estimate of drug-likeness (QED) is 0.0211. The van der Waals surface area contributed by atoms with Crippen molar-refractivity contribution in [1.82, 2.24) is 0 Å². The third kappa shape index (κ3) is 9.26. The summed E-state index contributed by atoms with van der Waals surface area (Å²) >= 11 is 0.338. The van der Waals surface area contributed by atoms with Gasteiger partial charge in [0.25, 0.3) is 15.8 Å². The predicted molar refractivity (Wildman–Crippen MR) is 168 cm³/mol. The minimum absolute atomic E-state index is 0.0561. The molecular weight excluding hydrogens is 741 g/mol. The van der Waals surface area contributed by atoms with E-state index in [1.165, 1.54) is 18.2 Å². The highest BCUT2D eigenvalue weighted by molar-refractivity contribution is 7.94. The number of phenolic OH excluding ortho intramolecular Hbond substituents is 1. The lowest BCUT2D eigenvalue weighted by Gasteiger charge is -2.14. The Morgan fingerprint density at radius 1 is 0.857 bits per heavy atom. The number of non-ortho nitro benzene ring substituents is 1. The summed E-state index contributed by atoms with van der Waals surface area (Å²) in [7, 11) is -14.1. The highest BCUT2D eigenvalue weighted by Gasteiger charge is 2.26. The first kappa shape index (κ1) is 37.1. The molecule has 0 aliphatic heterocycles. The smallest absolute Gasteiger partial charge is 0.397 e. The average molecular weight is 761 g/mol. The lowest BCUT2D eigenvalue weighted by molar-refractivity contribution is -0.432. The molecule has 0 aliphatic rings. The van der Waals surface area contributed by atoms with Crippen LogP contribution >= 0.6 is 12.0 Å². The summed E-state index contributed by atoms with van der Waals surface area (Å²) in [6.45, 7) is -0.867. The zero-order valence-corrected chi connectivity index (χ0v) is 27.2. The van der Waals surface area contributed by atoms with Crippen molar-refractivity contribution in [2.24, 2.45) is 20.5 Å². The maximum Gasteiger partial charge on any atom is 0.397 e. The Morgan fingerprint density at radius 2 is 1.43 bits per heavy atom. The minimum atomic E-state index is -5.10. The molecule has 25 heteroatoms. The molecule has 0 bridgehead atoms. The Morgan fingerprint density at radius 3 is 1.96 bits per heavy atom. The number of hydrogen-bond donors (Lipinski definition) is 5. The molecule has 0 amide bonds. The van der Waals surface area contributed by atoms with Crippen molar-refractivity contribution < 1.29 is 63.2 Å². The molecular formula is C24H20N6O15S4. The Bertz CT molecular complexity index is 2300. The number of nitrogens with zero attached hydrogens (tertiary/aromatic N) is 5. The first-order valence-electron chi connectivity index (χ1n) is 12.7. The maximum absolute atomic E-state index is 12.4. The highest BCUT2D eigenvalue weighted by Crippen LogP contribution is 2.49. The minimum Gasteiger partial charge on any atom is -0.505 e. The van der Waals surface area contributed by atoms with Crippen molar-refractivity contribution in [2.75, 3.05) is 18.1 Å². The van der Waals surface area contributed by atoms with Crippen LogP contribution in [-0.4, -0.2) is 62.0 Å². The molecule has 0 aromatic heterocycles. The monoisotopic (exact) mass is 760 g/mol. The highest BCUT2D eigenvalue weighted by atomic mass is 32.3. The summed E-state index contributed by atoms with van der Waals surface area (Å²) in [4.78, 5) is 9.01. The van der Waals surface area contributed by atoms with Gasteiger partial charge in [-0.25, -0.2) is 17.9 Å². The van der Waals surface area contributed by atoms with Crippen LogP contribution in [0.1, 0.15) is 0 Å². The van der Waals surface area contributed by atoms with E-state index >= 15 is 0 Å². The molecule has 0 radical (unpaired) electrons. The molecule has 21 nitrogen and oxygen atoms in total. The number of anilines is 1. The van der Waals surface area contributed by atoms with Gasteiger partial charge < -0.3 is 10.8 Å². The Hall–Kier alpha value is -4.70. The topological polar surface area (TPSA) is 330 Å². The fourth-order valence-corrected chi connectivity index (χ4v) is 6.62. The van der Waals surface area contributed by atoms with E-state index in [4.69, 9.17) is 15.5 Å². The first-order valence-corrected chi connectivity index (χ1v) is 17.9. The van der Waals surface area contributed by atoms with Gasteiger partial charge in [-0.1, -0.05) is 5.04 Å². The van der Waals surface area contributed by atoms with Gasteiger partial charge in [0, 0.05) is 12.1 Å². The molecule has 6 N–H and O–H groups in total. The van der Waals surface area contributed by atoms with Gasteiger partial charge in [-0.2, -0.15) is 27.1 Å². The fraction of sp³-hybridized carbons (Fsp3) is 0.0833. The van der Waals surface area contributed by atoms with Gasteiger partial charge in [0.05, 0.1) is 61.6 Å². The SMILES string of the molecule is Nc1c(N=Nc2ccc([N+](=O)[O-])cc2)c(SOOO)cc2cc(S(=O)(=O)O)c(N=Nc3ccc(S(=O)(=O)CCOS(=O)(=O)O)cc3)c(O)c12. The molecule has 4 aromatic carbocycles. The molecule has 4 aromatic rings. The summed E-state index contributed by atoms with van der Waals surface area (Å²) < 4.78 is 97.8. The normalized spacial score (nSPS) is 12.7. The summed E-state index contributed by atoms with van der Waals surface area (Å²) in [5.74, 6) is -1.72. The predicted octanol–water partition coefficient (Wildman–Crippen LogP) is 5.13. The number of nitro benzene ring substituents is 1. The van der Waals surface area contributed by atoms with Crippen LogP contribution in [0, 0.1) is 10.1 Å². The summed E-state index contributed by atoms with van der Waals surface area (Å²) in [6.07, 6.45) is 0. The van der Waals surface area contributed by atoms with Gasteiger partial charge in [0.1, 0.15) is 16.3 Å². The second kappa shape index (κ2) is 14.8. The second-order valence-electron chi connectivity index (χ2n) is 9.24. The van der Waals surface area contributed by atoms with Crippen molar-refractivity contribution in [3.8, 4) is 5.75 Å². The van der Waals surface area contributed by atoms with Gasteiger partial charge in [-0.05, 0) is 53.9 Å². The van der Waals surface area contributed by atoms with Crippen molar-refractivity contribution in [3.63, 3.8) is 0 Å². The van der Waals surface area contributed by atoms with Crippen LogP contribution in [0.2, 0.25) is 0 Å². The number of aromatic hydroxyl groups is 1. The summed E-state index contributed by atoms with van der Waals surface area (Å²) in [5.41, 5.74) is 4.76. The third-order valence-corrected chi connectivity index (χ3v) is 9.76. The van der Waals surface area contributed by atoms with Crippen LogP contribution in [0.15, 0.2) is 95.8 Å². The number of azo groups is 2. The Kier molecular flexibility index (Phi) is 11.2. The second-order valence-corrected chi connectivity index (χ2v) is 14.6. The van der Waals surface area contributed by atoms with Crippen LogP contribution in [0.25, 0.3) is 10.8 Å². The van der Waals surface area contributed by atoms with Gasteiger partial charge in [-0.3, -0.25) is 19.2 Å². The Balaban J connectivity index is 1.78. The fourth-order valence-electron chi connectivity index (χ4n) is 3.97. The molecule has 260 valence electrons. The number of phenols is 1. The zero-order chi connectivity index (χ0) is 36.1. The van der Waals surface area contributed by atoms with Gasteiger partial charge in [0.2, 0.25) is 0 Å². The number of nitrogens with two attached hydrogens (primary N) is 1. The lowest BCUT2D eigenvalue weighted by Crippen LogP contribution is -2.15. The van der Waals surface area contributed by atoms with Crippen molar-refractivity contribution in [3.05, 3.63) is 70.8 Å². The summed E-state index contributed by atoms with van der Waals surface area (Å²) in [5, 5.41) is 49.5. The largest absolute Gasteiger partial charge is 0.505 e.